The Morgan fingerprint density at radius 3 is 2.79 bits per heavy atom. The van der Waals surface area contributed by atoms with Crippen molar-refractivity contribution in [2.75, 3.05) is 18.4 Å². The van der Waals surface area contributed by atoms with E-state index >= 15 is 0 Å². The summed E-state index contributed by atoms with van der Waals surface area (Å²) in [5.41, 5.74) is 2.68. The molecule has 4 N–H and O–H groups in total. The van der Waals surface area contributed by atoms with E-state index in [1.165, 1.54) is 6.20 Å². The Hall–Kier alpha value is -3.07. The summed E-state index contributed by atoms with van der Waals surface area (Å²) in [5.74, 6) is -0.444. The van der Waals surface area contributed by atoms with Crippen LogP contribution in [-0.2, 0) is 0 Å². The number of halogens is 2. The number of aromatic amines is 1. The van der Waals surface area contributed by atoms with Crippen LogP contribution in [0.1, 0.15) is 23.7 Å². The minimum atomic E-state index is -2.58. The number of nitrogens with one attached hydrogen (secondary N) is 3. The Bertz CT molecular complexity index is 945. The largest absolute Gasteiger partial charge is 0.393 e. The number of amides is 1. The molecular weight excluding hydrogens is 368 g/mol. The fraction of sp³-hybridized carbons (Fsp3) is 0.316. The molecule has 0 bridgehead atoms. The van der Waals surface area contributed by atoms with Crippen LogP contribution in [0.15, 0.2) is 36.8 Å². The van der Waals surface area contributed by atoms with Gasteiger partial charge in [0.15, 0.2) is 0 Å². The van der Waals surface area contributed by atoms with E-state index in [4.69, 9.17) is 0 Å². The second-order valence-electron chi connectivity index (χ2n) is 6.43. The minimum Gasteiger partial charge on any atom is -0.393 e. The molecule has 9 heteroatoms. The van der Waals surface area contributed by atoms with E-state index in [0.717, 1.165) is 11.1 Å². The first-order chi connectivity index (χ1) is 13.5. The molecule has 0 aliphatic heterocycles. The monoisotopic (exact) mass is 389 g/mol. The topological polar surface area (TPSA) is 103 Å². The van der Waals surface area contributed by atoms with Crippen LogP contribution in [0.4, 0.5) is 14.5 Å². The predicted octanol–water partition coefficient (Wildman–Crippen LogP) is 2.80. The third-order valence-corrected chi connectivity index (χ3v) is 4.22. The maximum atomic E-state index is 12.8. The van der Waals surface area contributed by atoms with E-state index in [0.29, 0.717) is 23.0 Å². The van der Waals surface area contributed by atoms with Crippen molar-refractivity contribution in [3.63, 3.8) is 0 Å². The van der Waals surface area contributed by atoms with Crippen molar-refractivity contribution >= 4 is 22.5 Å². The molecule has 3 aromatic rings. The van der Waals surface area contributed by atoms with Crippen LogP contribution in [0, 0.1) is 0 Å². The highest BCUT2D eigenvalue weighted by Crippen LogP contribution is 2.30. The number of aliphatic hydroxyl groups excluding tert-OH is 1. The summed E-state index contributed by atoms with van der Waals surface area (Å²) < 4.78 is 25.7. The number of H-pyrrole nitrogens is 1. The number of nitrogens with zero attached hydrogens (tertiary/aromatic N) is 2. The van der Waals surface area contributed by atoms with E-state index < -0.39 is 25.0 Å². The fourth-order valence-corrected chi connectivity index (χ4v) is 2.81. The number of fused-ring (bicyclic) bond motifs is 1. The van der Waals surface area contributed by atoms with Crippen molar-refractivity contribution in [3.05, 3.63) is 42.4 Å². The molecular formula is C19H21F2N5O2. The number of benzene rings is 1. The van der Waals surface area contributed by atoms with Gasteiger partial charge in [-0.2, -0.15) is 5.10 Å². The second kappa shape index (κ2) is 8.75. The number of carbonyl (C=O) groups is 1. The number of rotatable bonds is 8. The van der Waals surface area contributed by atoms with Crippen LogP contribution in [-0.4, -0.2) is 51.8 Å². The van der Waals surface area contributed by atoms with E-state index in [9.17, 15) is 18.7 Å². The fourth-order valence-electron chi connectivity index (χ4n) is 2.81. The van der Waals surface area contributed by atoms with Crippen molar-refractivity contribution in [1.82, 2.24) is 20.5 Å². The number of hydrogen-bond acceptors (Lipinski definition) is 5. The van der Waals surface area contributed by atoms with Gasteiger partial charge in [0.25, 0.3) is 12.3 Å². The van der Waals surface area contributed by atoms with Gasteiger partial charge in [-0.25, -0.2) is 8.78 Å². The smallest absolute Gasteiger partial charge is 0.255 e. The first kappa shape index (κ1) is 19.7. The maximum absolute atomic E-state index is 12.8. The predicted molar refractivity (Wildman–Crippen MR) is 102 cm³/mol. The van der Waals surface area contributed by atoms with Gasteiger partial charge in [-0.15, -0.1) is 0 Å². The standard InChI is InChI=1S/C19H21F2N5O2/c1-11(27)4-5-22-19(28)15-9-23-16-3-2-12(13-7-25-26-8-13)6-14(16)18(15)24-10-17(20)21/h2-3,6-9,11,17,27H,4-5,10H2,1H3,(H,22,28)(H,23,24)(H,25,26). The SMILES string of the molecule is CC(O)CCNC(=O)c1cnc2ccc(-c3cn[nH]c3)cc2c1NCC(F)F. The average Bonchev–Trinajstić information content (AvgIpc) is 3.19. The van der Waals surface area contributed by atoms with Crippen molar-refractivity contribution in [2.45, 2.75) is 25.9 Å². The lowest BCUT2D eigenvalue weighted by Crippen LogP contribution is -2.28. The van der Waals surface area contributed by atoms with Gasteiger partial charge in [0.05, 0.1) is 35.6 Å². The normalized spacial score (nSPS) is 12.3. The van der Waals surface area contributed by atoms with E-state index in [-0.39, 0.29) is 12.1 Å². The van der Waals surface area contributed by atoms with E-state index in [1.54, 1.807) is 31.5 Å². The number of aromatic nitrogens is 3. The summed E-state index contributed by atoms with van der Waals surface area (Å²) in [5, 5.41) is 21.9. The molecule has 7 nitrogen and oxygen atoms in total. The lowest BCUT2D eigenvalue weighted by Gasteiger charge is -2.15. The van der Waals surface area contributed by atoms with Crippen molar-refractivity contribution < 1.29 is 18.7 Å². The zero-order valence-corrected chi connectivity index (χ0v) is 15.2. The average molecular weight is 389 g/mol. The van der Waals surface area contributed by atoms with Gasteiger partial charge >= 0.3 is 0 Å². The van der Waals surface area contributed by atoms with Crippen LogP contribution >= 0.6 is 0 Å². The van der Waals surface area contributed by atoms with Gasteiger partial charge in [0.1, 0.15) is 0 Å². The van der Waals surface area contributed by atoms with Gasteiger partial charge < -0.3 is 15.7 Å². The summed E-state index contributed by atoms with van der Waals surface area (Å²) in [4.78, 5) is 16.9. The minimum absolute atomic E-state index is 0.170. The number of carbonyl (C=O) groups excluding carboxylic acids is 1. The molecule has 0 fully saturated rings. The maximum Gasteiger partial charge on any atom is 0.255 e. The van der Waals surface area contributed by atoms with Crippen LogP contribution in [0.3, 0.4) is 0 Å². The van der Waals surface area contributed by atoms with Crippen LogP contribution in [0.5, 0.6) is 0 Å². The highest BCUT2D eigenvalue weighted by atomic mass is 19.3. The molecule has 28 heavy (non-hydrogen) atoms. The van der Waals surface area contributed by atoms with Gasteiger partial charge in [-0.3, -0.25) is 14.9 Å². The molecule has 0 radical (unpaired) electrons. The highest BCUT2D eigenvalue weighted by Gasteiger charge is 2.17. The van der Waals surface area contributed by atoms with Crippen molar-refractivity contribution in [3.8, 4) is 11.1 Å². The Balaban J connectivity index is 2.01. The third kappa shape index (κ3) is 4.61. The molecule has 148 valence electrons. The first-order valence-corrected chi connectivity index (χ1v) is 8.86. The summed E-state index contributed by atoms with van der Waals surface area (Å²) in [6.45, 7) is 1.29. The zero-order chi connectivity index (χ0) is 20.1. The molecule has 1 amide bonds. The second-order valence-corrected chi connectivity index (χ2v) is 6.43. The number of aliphatic hydroxyl groups is 1. The van der Waals surface area contributed by atoms with E-state index in [2.05, 4.69) is 25.8 Å². The Morgan fingerprint density at radius 2 is 2.11 bits per heavy atom. The van der Waals surface area contributed by atoms with Gasteiger partial charge in [-0.05, 0) is 31.0 Å². The molecule has 0 spiro atoms. The summed E-state index contributed by atoms with van der Waals surface area (Å²) in [6.07, 6.45) is 1.99. The highest BCUT2D eigenvalue weighted by molar-refractivity contribution is 6.07. The van der Waals surface area contributed by atoms with Crippen LogP contribution in [0.2, 0.25) is 0 Å². The zero-order valence-electron chi connectivity index (χ0n) is 15.2. The molecule has 0 saturated heterocycles. The molecule has 0 aliphatic carbocycles. The molecule has 1 unspecified atom stereocenters. The lowest BCUT2D eigenvalue weighted by molar-refractivity contribution is 0.0945. The number of alkyl halides is 2. The van der Waals surface area contributed by atoms with Gasteiger partial charge in [-0.1, -0.05) is 6.07 Å². The number of anilines is 1. The van der Waals surface area contributed by atoms with Gasteiger partial charge in [0.2, 0.25) is 0 Å². The summed E-state index contributed by atoms with van der Waals surface area (Å²) >= 11 is 0. The van der Waals surface area contributed by atoms with Crippen LogP contribution in [0.25, 0.3) is 22.0 Å². The van der Waals surface area contributed by atoms with Gasteiger partial charge in [0, 0.05) is 29.9 Å². The summed E-state index contributed by atoms with van der Waals surface area (Å²) in [7, 11) is 0. The van der Waals surface area contributed by atoms with Crippen molar-refractivity contribution in [2.24, 2.45) is 0 Å². The quantitative estimate of drug-likeness (QED) is 0.474. The first-order valence-electron chi connectivity index (χ1n) is 8.86. The van der Waals surface area contributed by atoms with E-state index in [1.807, 2.05) is 6.07 Å². The molecule has 0 aliphatic rings. The molecule has 2 aromatic heterocycles. The lowest BCUT2D eigenvalue weighted by atomic mass is 10.0. The molecule has 2 heterocycles. The Labute approximate surface area is 160 Å². The number of pyridine rings is 1. The molecule has 3 rings (SSSR count). The Kier molecular flexibility index (Phi) is 6.15. The molecule has 0 saturated carbocycles. The molecule has 1 atom stereocenters. The van der Waals surface area contributed by atoms with Crippen molar-refractivity contribution in [1.29, 1.82) is 0 Å². The summed E-state index contributed by atoms with van der Waals surface area (Å²) in [6, 6.07) is 5.40. The third-order valence-electron chi connectivity index (χ3n) is 4.22. The molecule has 1 aromatic carbocycles. The number of hydrogen-bond donors (Lipinski definition) is 4. The van der Waals surface area contributed by atoms with Crippen LogP contribution < -0.4 is 10.6 Å². The Morgan fingerprint density at radius 1 is 1.29 bits per heavy atom.